The van der Waals surface area contributed by atoms with E-state index in [1.807, 2.05) is 0 Å². The number of cyclic esters (lactones) is 2. The maximum Gasteiger partial charge on any atom is 0.508 e. The molecule has 0 aromatic rings. The van der Waals surface area contributed by atoms with Crippen LogP contribution in [0.15, 0.2) is 0 Å². The summed E-state index contributed by atoms with van der Waals surface area (Å²) >= 11 is 0. The van der Waals surface area contributed by atoms with Crippen LogP contribution >= 0.6 is 0 Å². The molecule has 10 heavy (non-hydrogen) atoms. The first-order valence-electron chi connectivity index (χ1n) is 3.69. The van der Waals surface area contributed by atoms with Crippen molar-refractivity contribution < 1.29 is 14.3 Å². The topological polar surface area (TPSA) is 35.5 Å². The Kier molecular flexibility index (Phi) is 3.06. The molecule has 0 N–H and O–H groups in total. The summed E-state index contributed by atoms with van der Waals surface area (Å²) in [6, 6.07) is 0. The van der Waals surface area contributed by atoms with Gasteiger partial charge in [0.05, 0.1) is 13.2 Å². The largest absolute Gasteiger partial charge is 0.508 e. The normalized spacial score (nSPS) is 21.4. The Balaban J connectivity index is 0.000000138. The lowest BCUT2D eigenvalue weighted by Crippen LogP contribution is -2.16. The molecular weight excluding hydrogens is 132 g/mol. The van der Waals surface area contributed by atoms with Crippen LogP contribution in [0.2, 0.25) is 0 Å². The van der Waals surface area contributed by atoms with Crippen LogP contribution in [0, 0.1) is 0 Å². The van der Waals surface area contributed by atoms with Crippen molar-refractivity contribution >= 4 is 6.16 Å². The minimum Gasteiger partial charge on any atom is -0.434 e. The highest BCUT2D eigenvalue weighted by atomic mass is 16.7. The zero-order valence-electron chi connectivity index (χ0n) is 5.97. The SMILES string of the molecule is C1CC1.O=C1OCCCO1. The first-order valence-corrected chi connectivity index (χ1v) is 3.69. The molecule has 0 aromatic heterocycles. The van der Waals surface area contributed by atoms with Gasteiger partial charge in [0, 0.05) is 6.42 Å². The first-order chi connectivity index (χ1) is 4.89. The van der Waals surface area contributed by atoms with Crippen molar-refractivity contribution in [1.82, 2.24) is 0 Å². The van der Waals surface area contributed by atoms with Crippen LogP contribution in [-0.4, -0.2) is 19.4 Å². The van der Waals surface area contributed by atoms with E-state index < -0.39 is 6.16 Å². The van der Waals surface area contributed by atoms with E-state index in [-0.39, 0.29) is 0 Å². The van der Waals surface area contributed by atoms with Crippen LogP contribution in [0.4, 0.5) is 4.79 Å². The van der Waals surface area contributed by atoms with Crippen molar-refractivity contribution in [1.29, 1.82) is 0 Å². The Morgan fingerprint density at radius 3 is 1.60 bits per heavy atom. The Hall–Kier alpha value is -0.730. The molecule has 1 heterocycles. The van der Waals surface area contributed by atoms with Gasteiger partial charge in [0.25, 0.3) is 0 Å². The number of ether oxygens (including phenoxy) is 2. The number of carbonyl (C=O) groups is 1. The molecular formula is C7H12O3. The monoisotopic (exact) mass is 144 g/mol. The van der Waals surface area contributed by atoms with Crippen LogP contribution in [0.1, 0.15) is 25.7 Å². The van der Waals surface area contributed by atoms with Crippen molar-refractivity contribution in [2.24, 2.45) is 0 Å². The lowest BCUT2D eigenvalue weighted by Gasteiger charge is -2.09. The van der Waals surface area contributed by atoms with Crippen LogP contribution in [0.25, 0.3) is 0 Å². The van der Waals surface area contributed by atoms with Gasteiger partial charge in [-0.3, -0.25) is 0 Å². The van der Waals surface area contributed by atoms with Gasteiger partial charge in [0.15, 0.2) is 0 Å². The van der Waals surface area contributed by atoms with Gasteiger partial charge < -0.3 is 9.47 Å². The van der Waals surface area contributed by atoms with Crippen molar-refractivity contribution in [3.63, 3.8) is 0 Å². The molecule has 0 radical (unpaired) electrons. The lowest BCUT2D eigenvalue weighted by molar-refractivity contribution is 0.0192. The summed E-state index contributed by atoms with van der Waals surface area (Å²) in [5.74, 6) is 0. The summed E-state index contributed by atoms with van der Waals surface area (Å²) in [6.07, 6.45) is 4.79. The van der Waals surface area contributed by atoms with Crippen molar-refractivity contribution in [2.75, 3.05) is 13.2 Å². The molecule has 3 nitrogen and oxygen atoms in total. The van der Waals surface area contributed by atoms with Crippen LogP contribution in [0.5, 0.6) is 0 Å². The molecule has 1 aliphatic carbocycles. The predicted octanol–water partition coefficient (Wildman–Crippen LogP) is 1.71. The number of hydrogen-bond acceptors (Lipinski definition) is 3. The van der Waals surface area contributed by atoms with Gasteiger partial charge in [-0.05, 0) is 0 Å². The molecule has 1 aliphatic heterocycles. The fourth-order valence-corrected chi connectivity index (χ4v) is 0.412. The molecule has 0 aromatic carbocycles. The van der Waals surface area contributed by atoms with E-state index in [0.717, 1.165) is 6.42 Å². The second-order valence-electron chi connectivity index (χ2n) is 2.36. The molecule has 3 heteroatoms. The Morgan fingerprint density at radius 2 is 1.40 bits per heavy atom. The Bertz CT molecular complexity index is 98.7. The average molecular weight is 144 g/mol. The van der Waals surface area contributed by atoms with Gasteiger partial charge in [0.1, 0.15) is 0 Å². The molecule has 2 aliphatic rings. The summed E-state index contributed by atoms with van der Waals surface area (Å²) in [5.41, 5.74) is 0. The summed E-state index contributed by atoms with van der Waals surface area (Å²) in [4.78, 5) is 10.0. The van der Waals surface area contributed by atoms with E-state index in [2.05, 4.69) is 9.47 Å². The molecule has 2 rings (SSSR count). The maximum atomic E-state index is 10.0. The standard InChI is InChI=1S/C4H6O3.C3H6/c5-4-6-2-1-3-7-4;1-2-3-1/h1-3H2;1-3H2. The fraction of sp³-hybridized carbons (Fsp3) is 0.857. The zero-order chi connectivity index (χ0) is 7.23. The summed E-state index contributed by atoms with van der Waals surface area (Å²) < 4.78 is 8.83. The minimum atomic E-state index is -0.536. The summed E-state index contributed by atoms with van der Waals surface area (Å²) in [5, 5.41) is 0. The molecule has 0 unspecified atom stereocenters. The van der Waals surface area contributed by atoms with Crippen molar-refractivity contribution in [3.8, 4) is 0 Å². The Morgan fingerprint density at radius 1 is 0.900 bits per heavy atom. The number of rotatable bonds is 0. The van der Waals surface area contributed by atoms with E-state index in [1.54, 1.807) is 0 Å². The molecule has 1 saturated heterocycles. The van der Waals surface area contributed by atoms with E-state index >= 15 is 0 Å². The smallest absolute Gasteiger partial charge is 0.434 e. The lowest BCUT2D eigenvalue weighted by atomic mass is 10.5. The highest BCUT2D eigenvalue weighted by Gasteiger charge is 2.07. The van der Waals surface area contributed by atoms with E-state index in [4.69, 9.17) is 0 Å². The van der Waals surface area contributed by atoms with Gasteiger partial charge in [-0.1, -0.05) is 19.3 Å². The van der Waals surface area contributed by atoms with Crippen molar-refractivity contribution in [2.45, 2.75) is 25.7 Å². The molecule has 0 atom stereocenters. The zero-order valence-corrected chi connectivity index (χ0v) is 5.97. The van der Waals surface area contributed by atoms with Gasteiger partial charge in [-0.15, -0.1) is 0 Å². The molecule has 0 amide bonds. The molecule has 2 fully saturated rings. The van der Waals surface area contributed by atoms with Crippen LogP contribution in [-0.2, 0) is 9.47 Å². The summed E-state index contributed by atoms with van der Waals surface area (Å²) in [7, 11) is 0. The van der Waals surface area contributed by atoms with Gasteiger partial charge in [-0.2, -0.15) is 0 Å². The molecule has 58 valence electrons. The number of hydrogen-bond donors (Lipinski definition) is 0. The maximum absolute atomic E-state index is 10.0. The van der Waals surface area contributed by atoms with E-state index in [0.29, 0.717) is 13.2 Å². The van der Waals surface area contributed by atoms with Crippen LogP contribution in [0.3, 0.4) is 0 Å². The third-order valence-electron chi connectivity index (χ3n) is 1.08. The highest BCUT2D eigenvalue weighted by Crippen LogP contribution is 2.14. The van der Waals surface area contributed by atoms with Gasteiger partial charge in [0.2, 0.25) is 0 Å². The second kappa shape index (κ2) is 4.14. The average Bonchev–Trinajstić information content (AvgIpc) is 2.73. The first kappa shape index (κ1) is 7.38. The van der Waals surface area contributed by atoms with E-state index in [1.165, 1.54) is 19.3 Å². The fourth-order valence-electron chi connectivity index (χ4n) is 0.412. The number of carbonyl (C=O) groups excluding carboxylic acids is 1. The van der Waals surface area contributed by atoms with Crippen LogP contribution < -0.4 is 0 Å². The van der Waals surface area contributed by atoms with E-state index in [9.17, 15) is 4.79 Å². The summed E-state index contributed by atoms with van der Waals surface area (Å²) in [6.45, 7) is 1.03. The predicted molar refractivity (Wildman–Crippen MR) is 35.8 cm³/mol. The third-order valence-corrected chi connectivity index (χ3v) is 1.08. The molecule has 0 spiro atoms. The quantitative estimate of drug-likeness (QED) is 0.485. The Labute approximate surface area is 60.3 Å². The van der Waals surface area contributed by atoms with Crippen molar-refractivity contribution in [3.05, 3.63) is 0 Å². The molecule has 1 saturated carbocycles. The second-order valence-corrected chi connectivity index (χ2v) is 2.36. The van der Waals surface area contributed by atoms with Gasteiger partial charge in [-0.25, -0.2) is 4.79 Å². The minimum absolute atomic E-state index is 0.513. The molecule has 0 bridgehead atoms. The third kappa shape index (κ3) is 4.18. The van der Waals surface area contributed by atoms with Gasteiger partial charge >= 0.3 is 6.16 Å². The highest BCUT2D eigenvalue weighted by molar-refractivity contribution is 5.60.